The summed E-state index contributed by atoms with van der Waals surface area (Å²) in [6.45, 7) is 49.3. The Morgan fingerprint density at radius 1 is 0.206 bits per heavy atom. The van der Waals surface area contributed by atoms with Gasteiger partial charge in [0.15, 0.2) is 0 Å². The van der Waals surface area contributed by atoms with E-state index in [1.165, 1.54) is 295 Å². The fourth-order valence-corrected chi connectivity index (χ4v) is 40.3. The van der Waals surface area contributed by atoms with Crippen LogP contribution in [0.2, 0.25) is 0 Å². The number of hydrogen-bond donors (Lipinski definition) is 0. The molecule has 126 heavy (non-hydrogen) atoms. The lowest BCUT2D eigenvalue weighted by molar-refractivity contribution is 0.0693. The average Bonchev–Trinajstić information content (AvgIpc) is 1.56. The highest BCUT2D eigenvalue weighted by Gasteiger charge is 2.42. The van der Waals surface area contributed by atoms with Crippen LogP contribution in [-0.4, -0.2) is 32.5 Å². The van der Waals surface area contributed by atoms with Crippen molar-refractivity contribution < 1.29 is 9.59 Å². The molecule has 22 rings (SSSR count). The number of aryl methyl sites for hydroxylation is 20. The third-order valence-electron chi connectivity index (χ3n) is 24.6. The maximum atomic E-state index is 13.9. The zero-order valence-corrected chi connectivity index (χ0v) is 88.4. The van der Waals surface area contributed by atoms with Crippen molar-refractivity contribution in [1.82, 2.24) is 13.6 Å². The number of amides is 2. The second-order valence-electron chi connectivity index (χ2n) is 34.0. The molecule has 18 aromatic heterocycles. The molecular weight excluding hydrogens is 1890 g/mol. The van der Waals surface area contributed by atoms with E-state index in [0.29, 0.717) is 11.1 Å². The third-order valence-corrected chi connectivity index (χ3v) is 46.6. The van der Waals surface area contributed by atoms with Crippen molar-refractivity contribution in [3.05, 3.63) is 225 Å². The van der Waals surface area contributed by atoms with Crippen LogP contribution in [0.15, 0.2) is 97.1 Å². The van der Waals surface area contributed by atoms with E-state index in [1.54, 1.807) is 41.1 Å². The molecule has 23 heteroatoms. The number of carbonyl (C=O) groups excluding carboxylic acids is 2. The van der Waals surface area contributed by atoms with Gasteiger partial charge in [0.1, 0.15) is 11.0 Å². The van der Waals surface area contributed by atoms with Crippen LogP contribution in [0.1, 0.15) is 138 Å². The van der Waals surface area contributed by atoms with Crippen molar-refractivity contribution in [2.75, 3.05) is 7.05 Å². The van der Waals surface area contributed by atoms with Gasteiger partial charge in [-0.25, -0.2) is 0 Å². The lowest BCUT2D eigenvalue weighted by Crippen LogP contribution is -2.24. The molecule has 0 saturated carbocycles. The van der Waals surface area contributed by atoms with Gasteiger partial charge in [-0.15, -0.1) is 193 Å². The van der Waals surface area contributed by atoms with Gasteiger partial charge in [0.25, 0.3) is 11.8 Å². The lowest BCUT2D eigenvalue weighted by Gasteiger charge is -2.13. The number of thiophene rings is 17. The van der Waals surface area contributed by atoms with Crippen LogP contribution in [0.5, 0.6) is 0 Å². The number of rotatable bonds is 14. The predicted molar refractivity (Wildman–Crippen MR) is 575 cm³/mol. The molecule has 2 amide bonds. The molecule has 0 atom stereocenters. The maximum Gasteiger partial charge on any atom is 0.262 e. The highest BCUT2D eigenvalue weighted by molar-refractivity contribution is 7.33. The summed E-state index contributed by atoms with van der Waals surface area (Å²) in [5.74, 6) is -0.425. The van der Waals surface area contributed by atoms with Gasteiger partial charge in [0, 0.05) is 217 Å². The zero-order valence-electron chi connectivity index (χ0n) is 73.7. The van der Waals surface area contributed by atoms with Gasteiger partial charge in [-0.3, -0.25) is 14.5 Å². The van der Waals surface area contributed by atoms with Crippen LogP contribution < -0.4 is 0 Å². The van der Waals surface area contributed by atoms with Gasteiger partial charge < -0.3 is 0 Å². The lowest BCUT2D eigenvalue weighted by atomic mass is 9.93. The maximum absolute atomic E-state index is 13.9. The predicted octanol–water partition coefficient (Wildman–Crippen LogP) is 38.4. The van der Waals surface area contributed by atoms with Gasteiger partial charge in [-0.05, 0) is 327 Å². The molecule has 19 heterocycles. The molecule has 0 spiro atoms. The fourth-order valence-electron chi connectivity index (χ4n) is 18.3. The molecule has 1 aliphatic rings. The van der Waals surface area contributed by atoms with Gasteiger partial charge in [-0.1, -0.05) is 0 Å². The number of nitrogens with zero attached hydrogens (tertiary/aromatic N) is 3. The Hall–Kier alpha value is -7.44. The van der Waals surface area contributed by atoms with E-state index in [0.717, 1.165) is 30.5 Å². The minimum Gasteiger partial charge on any atom is -0.277 e. The van der Waals surface area contributed by atoms with Crippen molar-refractivity contribution in [2.45, 2.75) is 152 Å². The minimum atomic E-state index is -0.214. The van der Waals surface area contributed by atoms with E-state index < -0.39 is 0 Å². The summed E-state index contributed by atoms with van der Waals surface area (Å²) >= 11 is 33.4. The first-order valence-corrected chi connectivity index (χ1v) is 56.2. The largest absolute Gasteiger partial charge is 0.277 e. The smallest absolute Gasteiger partial charge is 0.262 e. The molecule has 1 aliphatic heterocycles. The molecule has 5 nitrogen and oxygen atoms in total. The summed E-state index contributed by atoms with van der Waals surface area (Å²) < 4.78 is 15.4. The standard InChI is InChI=1S/C52H44N2S9.C51H41NO2S9/c1-21-15-35(58-32(21)12)40-30(10)31(11)41(45-44(40)53-63-54-45)36-16-24(4)46(59-36)39-20-34-43(38-18-26(6)50(61-38)48-23(3)14-28(8)56-48)51-33(19-29(9)57-51)42(52(34)62-39)37-17-25(5)49(60-37)47-22(2)13-27(7)55-47;1-20-14-34(58-29(20)10)48-39-40(51(54)52(11)50(39)53)49(63-48)35-17-23(4)41(61-35)36-19-31-38(33-16-25(6)45(60-33)43-22(3)13-27(8)56-43)46-30(18-28(9)57-46)37(47(31)62-36)32-15-24(5)44(59-32)42-21(2)12-26(7)55-42/h13-20H,1-12H3;12-19H,1-11H3. The van der Waals surface area contributed by atoms with Gasteiger partial charge in [0.2, 0.25) is 0 Å². The molecular formula is C103H85N3O2S18. The van der Waals surface area contributed by atoms with Crippen molar-refractivity contribution in [1.29, 1.82) is 0 Å². The highest BCUT2D eigenvalue weighted by atomic mass is 32.2. The minimum absolute atomic E-state index is 0.211. The second-order valence-corrected chi connectivity index (χ2v) is 54.0. The number of aromatic nitrogens is 2. The molecule has 0 N–H and O–H groups in total. The van der Waals surface area contributed by atoms with Crippen LogP contribution in [0.4, 0.5) is 0 Å². The second kappa shape index (κ2) is 32.0. The number of hydrogen-bond acceptors (Lipinski definition) is 22. The van der Waals surface area contributed by atoms with E-state index in [1.807, 2.05) is 159 Å². The Morgan fingerprint density at radius 3 is 0.770 bits per heavy atom. The van der Waals surface area contributed by atoms with E-state index in [4.69, 9.17) is 8.75 Å². The van der Waals surface area contributed by atoms with E-state index in [-0.39, 0.29) is 11.8 Å². The molecule has 0 radical (unpaired) electrons. The van der Waals surface area contributed by atoms with E-state index in [2.05, 4.69) is 249 Å². The number of fused-ring (bicyclic) bond motifs is 6. The number of benzene rings is 3. The van der Waals surface area contributed by atoms with Gasteiger partial charge in [0.05, 0.1) is 32.6 Å². The monoisotopic (exact) mass is 1970 g/mol. The first-order valence-electron chi connectivity index (χ1n) is 41.5. The van der Waals surface area contributed by atoms with Crippen LogP contribution >= 0.6 is 204 Å². The van der Waals surface area contributed by atoms with Crippen LogP contribution in [0, 0.1) is 152 Å². The summed E-state index contributed by atoms with van der Waals surface area (Å²) in [7, 11) is 1.61. The van der Waals surface area contributed by atoms with Crippen LogP contribution in [0.25, 0.3) is 192 Å². The van der Waals surface area contributed by atoms with Crippen molar-refractivity contribution in [2.24, 2.45) is 0 Å². The summed E-state index contributed by atoms with van der Waals surface area (Å²) in [5.41, 5.74) is 29.4. The van der Waals surface area contributed by atoms with E-state index >= 15 is 0 Å². The Labute approximate surface area is 806 Å². The first kappa shape index (κ1) is 85.3. The fraction of sp³-hybridized carbons (Fsp3) is 0.223. The molecule has 3 aromatic carbocycles. The molecule has 21 aromatic rings. The quantitative estimate of drug-likeness (QED) is 0.102. The van der Waals surface area contributed by atoms with Crippen molar-refractivity contribution >= 4 is 268 Å². The van der Waals surface area contributed by atoms with Crippen molar-refractivity contribution in [3.8, 4) is 141 Å². The summed E-state index contributed by atoms with van der Waals surface area (Å²) in [5, 5.41) is 5.36. The Morgan fingerprint density at radius 2 is 0.444 bits per heavy atom. The SMILES string of the molecule is Cc1cc(C)c(-c2sc(-c3c4cc(-c5sc(-c6c(C)c(C)c(-c7cc(C)c(C)s7)c7nsnc67)cc5C)sc4c(-c4cc(C)c(-c5sc(C)cc5C)s4)c4cc(C)sc34)cc2C)s1.Cc1cc(C)c(-c2sc(-c3c4cc(-c5sc(-c6sc(-c7cc(C)c(C)s7)c7c6C(=O)N(C)C7=O)cc5C)sc4c(-c4cc(C)c(-c5sc(C)cc5C)s4)c4cc(C)sc34)cc2C)s1. The summed E-state index contributed by atoms with van der Waals surface area (Å²) in [4.78, 5) is 67.5. The topological polar surface area (TPSA) is 63.2 Å². The van der Waals surface area contributed by atoms with Crippen LogP contribution in [0.3, 0.4) is 0 Å². The van der Waals surface area contributed by atoms with Gasteiger partial charge in [-0.2, -0.15) is 8.75 Å². The average molecular weight is 1970 g/mol. The Balaban J connectivity index is 0.000000154. The number of carbonyl (C=O) groups is 2. The summed E-state index contributed by atoms with van der Waals surface area (Å²) in [6.07, 6.45) is 0. The number of imide groups is 1. The molecule has 0 aliphatic carbocycles. The first-order chi connectivity index (χ1) is 60.2. The normalized spacial score (nSPS) is 12.6. The van der Waals surface area contributed by atoms with Crippen LogP contribution in [-0.2, 0) is 0 Å². The Bertz CT molecular complexity index is 7870. The summed E-state index contributed by atoms with van der Waals surface area (Å²) in [6, 6.07) is 38.1. The molecule has 632 valence electrons. The molecule has 0 saturated heterocycles. The molecule has 0 bridgehead atoms. The third kappa shape index (κ3) is 13.9. The van der Waals surface area contributed by atoms with E-state index in [9.17, 15) is 9.59 Å². The Kier molecular flexibility index (Phi) is 21.6. The highest BCUT2D eigenvalue weighted by Crippen LogP contribution is 2.62. The molecule has 0 unspecified atom stereocenters. The van der Waals surface area contributed by atoms with Gasteiger partial charge >= 0.3 is 0 Å². The van der Waals surface area contributed by atoms with Crippen molar-refractivity contribution in [3.63, 3.8) is 0 Å². The molecule has 0 fully saturated rings. The zero-order chi connectivity index (χ0) is 88.0.